The smallest absolute Gasteiger partial charge is 0.337 e. The topological polar surface area (TPSA) is 87.7 Å². The van der Waals surface area contributed by atoms with E-state index in [1.165, 1.54) is 19.2 Å². The highest BCUT2D eigenvalue weighted by Crippen LogP contribution is 2.45. The fourth-order valence-corrected chi connectivity index (χ4v) is 3.26. The van der Waals surface area contributed by atoms with E-state index >= 15 is 0 Å². The molecule has 0 spiro atoms. The van der Waals surface area contributed by atoms with Crippen LogP contribution in [0.2, 0.25) is 0 Å². The minimum Gasteiger partial charge on any atom is -0.465 e. The second kappa shape index (κ2) is 8.92. The molecule has 3 N–H and O–H groups in total. The van der Waals surface area contributed by atoms with Crippen molar-refractivity contribution in [1.29, 1.82) is 0 Å². The van der Waals surface area contributed by atoms with E-state index in [1.54, 1.807) is 24.3 Å². The molecule has 2 aromatic rings. The zero-order chi connectivity index (χ0) is 21.0. The van der Waals surface area contributed by atoms with Crippen LogP contribution in [0.1, 0.15) is 28.8 Å². The second-order valence-corrected chi connectivity index (χ2v) is 8.14. The van der Waals surface area contributed by atoms with Gasteiger partial charge in [-0.1, -0.05) is 22.0 Å². The summed E-state index contributed by atoms with van der Waals surface area (Å²) in [6, 6.07) is 9.30. The summed E-state index contributed by atoms with van der Waals surface area (Å²) in [6.07, 6.45) is 1.71. The number of ether oxygens (including phenoxy) is 1. The quantitative estimate of drug-likeness (QED) is 0.517. The molecule has 3 rings (SSSR count). The summed E-state index contributed by atoms with van der Waals surface area (Å²) in [4.78, 5) is 24.4. The van der Waals surface area contributed by atoms with Crippen molar-refractivity contribution in [3.8, 4) is 0 Å². The number of halogens is 2. The lowest BCUT2D eigenvalue weighted by Crippen LogP contribution is -2.21. The minimum absolute atomic E-state index is 0.0881. The van der Waals surface area contributed by atoms with Gasteiger partial charge in [0.05, 0.1) is 37.1 Å². The van der Waals surface area contributed by atoms with Gasteiger partial charge in [0.1, 0.15) is 5.82 Å². The summed E-state index contributed by atoms with van der Waals surface area (Å²) in [5, 5.41) is 15.5. The van der Waals surface area contributed by atoms with Crippen molar-refractivity contribution in [3.05, 3.63) is 57.8 Å². The van der Waals surface area contributed by atoms with Crippen LogP contribution in [0.3, 0.4) is 0 Å². The molecular formula is C21H22BrFN2O4. The third-order valence-corrected chi connectivity index (χ3v) is 5.52. The number of rotatable bonds is 8. The maximum Gasteiger partial charge on any atom is 0.337 e. The standard InChI is InChI=1S/C21H22BrFN2O4/c1-29-20(28)14-3-5-17(24-11-21(12-26)6-7-21)18(8-14)25-19(27)9-13-2-4-15(22)10-16(13)23/h2-5,8,10,24,26H,6-7,9,11-12H2,1H3,(H,25,27). The maximum atomic E-state index is 14.0. The van der Waals surface area contributed by atoms with Gasteiger partial charge in [-0.25, -0.2) is 9.18 Å². The Kier molecular flexibility index (Phi) is 6.54. The van der Waals surface area contributed by atoms with Crippen LogP contribution in [-0.4, -0.2) is 37.2 Å². The summed E-state index contributed by atoms with van der Waals surface area (Å²) in [7, 11) is 1.28. The number of anilines is 2. The summed E-state index contributed by atoms with van der Waals surface area (Å²) in [6.45, 7) is 0.635. The largest absolute Gasteiger partial charge is 0.465 e. The molecule has 1 aliphatic rings. The number of nitrogens with one attached hydrogen (secondary N) is 2. The number of carbonyl (C=O) groups is 2. The maximum absolute atomic E-state index is 14.0. The molecule has 1 aliphatic carbocycles. The van der Waals surface area contributed by atoms with E-state index in [0.717, 1.165) is 12.8 Å². The number of esters is 1. The minimum atomic E-state index is -0.528. The van der Waals surface area contributed by atoms with Crippen molar-refractivity contribution in [2.75, 3.05) is 30.9 Å². The molecule has 0 bridgehead atoms. The van der Waals surface area contributed by atoms with Crippen molar-refractivity contribution >= 4 is 39.2 Å². The SMILES string of the molecule is COC(=O)c1ccc(NCC2(CO)CC2)c(NC(=O)Cc2ccc(Br)cc2F)c1. The molecule has 0 atom stereocenters. The Morgan fingerprint density at radius 3 is 2.59 bits per heavy atom. The molecule has 2 aromatic carbocycles. The van der Waals surface area contributed by atoms with Gasteiger partial charge < -0.3 is 20.5 Å². The van der Waals surface area contributed by atoms with Gasteiger partial charge in [0.2, 0.25) is 5.91 Å². The summed E-state index contributed by atoms with van der Waals surface area (Å²) in [5.41, 5.74) is 1.42. The first-order chi connectivity index (χ1) is 13.9. The van der Waals surface area contributed by atoms with Crippen LogP contribution < -0.4 is 10.6 Å². The third kappa shape index (κ3) is 5.33. The molecule has 0 aliphatic heterocycles. The van der Waals surface area contributed by atoms with Crippen molar-refractivity contribution in [1.82, 2.24) is 0 Å². The third-order valence-electron chi connectivity index (χ3n) is 5.03. The lowest BCUT2D eigenvalue weighted by atomic mass is 10.1. The van der Waals surface area contributed by atoms with Crippen LogP contribution >= 0.6 is 15.9 Å². The van der Waals surface area contributed by atoms with Crippen LogP contribution in [0, 0.1) is 11.2 Å². The number of aliphatic hydroxyl groups is 1. The first-order valence-electron chi connectivity index (χ1n) is 9.17. The number of benzene rings is 2. The summed E-state index contributed by atoms with van der Waals surface area (Å²) >= 11 is 3.19. The monoisotopic (exact) mass is 464 g/mol. The van der Waals surface area contributed by atoms with Crippen LogP contribution in [0.25, 0.3) is 0 Å². The number of carbonyl (C=O) groups excluding carboxylic acids is 2. The molecule has 1 fully saturated rings. The van der Waals surface area contributed by atoms with Crippen molar-refractivity contribution in [3.63, 3.8) is 0 Å². The van der Waals surface area contributed by atoms with Gasteiger partial charge in [0, 0.05) is 16.4 Å². The molecule has 0 unspecified atom stereocenters. The zero-order valence-electron chi connectivity index (χ0n) is 15.9. The van der Waals surface area contributed by atoms with Gasteiger partial charge in [-0.05, 0) is 48.7 Å². The van der Waals surface area contributed by atoms with Gasteiger partial charge in [-0.2, -0.15) is 0 Å². The number of hydrogen-bond acceptors (Lipinski definition) is 5. The van der Waals surface area contributed by atoms with Gasteiger partial charge >= 0.3 is 5.97 Å². The Morgan fingerprint density at radius 2 is 1.97 bits per heavy atom. The zero-order valence-corrected chi connectivity index (χ0v) is 17.5. The molecule has 1 saturated carbocycles. The highest BCUT2D eigenvalue weighted by Gasteiger charge is 2.41. The Hall–Kier alpha value is -2.45. The van der Waals surface area contributed by atoms with E-state index in [2.05, 4.69) is 26.6 Å². The van der Waals surface area contributed by atoms with Crippen molar-refractivity contribution in [2.24, 2.45) is 5.41 Å². The highest BCUT2D eigenvalue weighted by molar-refractivity contribution is 9.10. The lowest BCUT2D eigenvalue weighted by Gasteiger charge is -2.18. The Balaban J connectivity index is 1.78. The van der Waals surface area contributed by atoms with E-state index in [4.69, 9.17) is 4.74 Å². The van der Waals surface area contributed by atoms with E-state index in [1.807, 2.05) is 0 Å². The molecule has 29 heavy (non-hydrogen) atoms. The van der Waals surface area contributed by atoms with Crippen LogP contribution in [0.4, 0.5) is 15.8 Å². The number of hydrogen-bond donors (Lipinski definition) is 3. The lowest BCUT2D eigenvalue weighted by molar-refractivity contribution is -0.115. The van der Waals surface area contributed by atoms with Gasteiger partial charge in [0.15, 0.2) is 0 Å². The predicted octanol–water partition coefficient (Wildman–Crippen LogP) is 3.74. The molecule has 1 amide bonds. The van der Waals surface area contributed by atoms with E-state index in [9.17, 15) is 19.1 Å². The van der Waals surface area contributed by atoms with Crippen molar-refractivity contribution < 1.29 is 23.8 Å². The second-order valence-electron chi connectivity index (χ2n) is 7.22. The Bertz CT molecular complexity index is 931. The van der Waals surface area contributed by atoms with E-state index < -0.39 is 17.7 Å². The predicted molar refractivity (Wildman–Crippen MR) is 111 cm³/mol. The van der Waals surface area contributed by atoms with Crippen LogP contribution in [-0.2, 0) is 16.0 Å². The normalized spacial score (nSPS) is 14.2. The fraction of sp³-hybridized carbons (Fsp3) is 0.333. The average Bonchev–Trinajstić information content (AvgIpc) is 3.49. The molecule has 6 nitrogen and oxygen atoms in total. The highest BCUT2D eigenvalue weighted by atomic mass is 79.9. The van der Waals surface area contributed by atoms with Gasteiger partial charge in [-0.3, -0.25) is 4.79 Å². The average molecular weight is 465 g/mol. The molecular weight excluding hydrogens is 443 g/mol. The first-order valence-corrected chi connectivity index (χ1v) is 9.96. The summed E-state index contributed by atoms with van der Waals surface area (Å²) in [5.74, 6) is -1.42. The van der Waals surface area contributed by atoms with E-state index in [0.29, 0.717) is 22.4 Å². The molecule has 0 aromatic heterocycles. The van der Waals surface area contributed by atoms with Gasteiger partial charge in [-0.15, -0.1) is 0 Å². The molecule has 0 saturated heterocycles. The Morgan fingerprint density at radius 1 is 1.21 bits per heavy atom. The number of methoxy groups -OCH3 is 1. The Labute approximate surface area is 176 Å². The van der Waals surface area contributed by atoms with E-state index in [-0.39, 0.29) is 29.6 Å². The fourth-order valence-electron chi connectivity index (χ4n) is 2.93. The van der Waals surface area contributed by atoms with Gasteiger partial charge in [0.25, 0.3) is 0 Å². The van der Waals surface area contributed by atoms with Crippen LogP contribution in [0.5, 0.6) is 0 Å². The number of aliphatic hydroxyl groups excluding tert-OH is 1. The summed E-state index contributed by atoms with van der Waals surface area (Å²) < 4.78 is 19.4. The first kappa shape index (κ1) is 21.3. The molecule has 8 heteroatoms. The van der Waals surface area contributed by atoms with Crippen LogP contribution in [0.15, 0.2) is 40.9 Å². The number of amides is 1. The molecule has 0 heterocycles. The van der Waals surface area contributed by atoms with Crippen molar-refractivity contribution in [2.45, 2.75) is 19.3 Å². The molecule has 154 valence electrons. The molecule has 0 radical (unpaired) electrons.